The molecule has 0 rings (SSSR count). The molecule has 0 aliphatic rings. The predicted molar refractivity (Wildman–Crippen MR) is 66.4 cm³/mol. The molecule has 0 N–H and O–H groups in total. The minimum atomic E-state index is 0.260. The van der Waals surface area contributed by atoms with Crippen LogP contribution in [0.25, 0.3) is 0 Å². The third-order valence-corrected chi connectivity index (χ3v) is 2.03. The van der Waals surface area contributed by atoms with E-state index in [2.05, 4.69) is 37.5 Å². The quantitative estimate of drug-likeness (QED) is 0.574. The van der Waals surface area contributed by atoms with Crippen LogP contribution in [0.1, 0.15) is 6.92 Å². The van der Waals surface area contributed by atoms with Crippen molar-refractivity contribution in [3.63, 3.8) is 0 Å². The van der Waals surface area contributed by atoms with E-state index in [1.54, 1.807) is 0 Å². The van der Waals surface area contributed by atoms with Crippen LogP contribution in [0.3, 0.4) is 0 Å². The van der Waals surface area contributed by atoms with Gasteiger partial charge in [0.2, 0.25) is 4.38 Å². The van der Waals surface area contributed by atoms with Crippen molar-refractivity contribution in [1.82, 2.24) is 4.90 Å². The maximum atomic E-state index is 4.98. The average Bonchev–Trinajstić information content (AvgIpc) is 1.96. The lowest BCUT2D eigenvalue weighted by atomic mass is 10.5. The van der Waals surface area contributed by atoms with Crippen molar-refractivity contribution in [3.05, 3.63) is 0 Å². The van der Waals surface area contributed by atoms with Crippen molar-refractivity contribution in [2.24, 2.45) is 0 Å². The molecule has 0 unspecified atom stereocenters. The number of thiocarbonyl (C=S) groups is 2. The molecule has 0 radical (unpaired) electrons. The van der Waals surface area contributed by atoms with Gasteiger partial charge in [-0.05, 0) is 19.1 Å². The molecule has 0 aliphatic carbocycles. The van der Waals surface area contributed by atoms with Crippen molar-refractivity contribution >= 4 is 58.4 Å². The summed E-state index contributed by atoms with van der Waals surface area (Å²) in [6, 6.07) is 0. The number of hydrogen-bond acceptors (Lipinski definition) is 3. The Morgan fingerprint density at radius 2 is 2.00 bits per heavy atom. The van der Waals surface area contributed by atoms with Gasteiger partial charge in [0, 0.05) is 6.54 Å². The van der Waals surface area contributed by atoms with Crippen molar-refractivity contribution in [3.8, 4) is 0 Å². The van der Waals surface area contributed by atoms with Gasteiger partial charge in [0.25, 0.3) is 0 Å². The molecule has 0 aromatic carbocycles. The number of hydrogen-bond donors (Lipinski definition) is 2. The van der Waals surface area contributed by atoms with Crippen LogP contribution in [0, 0.1) is 0 Å². The summed E-state index contributed by atoms with van der Waals surface area (Å²) in [5.74, 6) is 0. The molecule has 0 aromatic heterocycles. The second-order valence-corrected chi connectivity index (χ2v) is 4.17. The summed E-state index contributed by atoms with van der Waals surface area (Å²) in [4.78, 5) is 1.91. The van der Waals surface area contributed by atoms with Gasteiger partial charge in [0.1, 0.15) is 10.9 Å². The van der Waals surface area contributed by atoms with E-state index in [0.717, 1.165) is 6.54 Å². The Labute approximate surface area is 94.5 Å². The smallest absolute Gasteiger partial charge is 0.216 e. The first-order chi connectivity index (χ1) is 5.57. The Kier molecular flexibility index (Phi) is 7.22. The van der Waals surface area contributed by atoms with E-state index in [4.69, 9.17) is 17.0 Å². The zero-order chi connectivity index (χ0) is 9.56. The number of likely N-dealkylation sites (N-methyl/N-ethyl adjacent to an activating group) is 1. The van der Waals surface area contributed by atoms with E-state index >= 15 is 0 Å². The lowest BCUT2D eigenvalue weighted by Gasteiger charge is -2.19. The molecule has 0 aromatic rings. The van der Waals surface area contributed by atoms with Gasteiger partial charge in [-0.15, -0.1) is 12.6 Å². The first kappa shape index (κ1) is 12.5. The topological polar surface area (TPSA) is 12.5 Å². The highest BCUT2D eigenvalue weighted by atomic mass is 32.1. The highest BCUT2D eigenvalue weighted by Gasteiger charge is 2.02. The Hall–Kier alpha value is 0.480. The Bertz CT molecular complexity index is 173. The third-order valence-electron chi connectivity index (χ3n) is 1.24. The van der Waals surface area contributed by atoms with Crippen LogP contribution in [-0.2, 0) is 4.74 Å². The predicted octanol–water partition coefficient (Wildman–Crippen LogP) is 1.75. The maximum Gasteiger partial charge on any atom is 0.216 e. The molecule has 0 amide bonds. The zero-order valence-electron chi connectivity index (χ0n) is 6.69. The van der Waals surface area contributed by atoms with Gasteiger partial charge in [-0.1, -0.05) is 24.8 Å². The normalized spacial score (nSPS) is 9.25. The van der Waals surface area contributed by atoms with Gasteiger partial charge in [-0.3, -0.25) is 0 Å². The first-order valence-corrected chi connectivity index (χ1v) is 5.12. The summed E-state index contributed by atoms with van der Waals surface area (Å²) in [6.07, 6.45) is 0. The molecule has 2 nitrogen and oxygen atoms in total. The van der Waals surface area contributed by atoms with Gasteiger partial charge in [0.15, 0.2) is 0 Å². The monoisotopic (exact) mass is 241 g/mol. The van der Waals surface area contributed by atoms with Crippen LogP contribution in [0.15, 0.2) is 0 Å². The lowest BCUT2D eigenvalue weighted by molar-refractivity contribution is 0.278. The van der Waals surface area contributed by atoms with Crippen LogP contribution in [-0.4, -0.2) is 33.3 Å². The third kappa shape index (κ3) is 6.05. The molecule has 12 heavy (non-hydrogen) atoms. The second kappa shape index (κ2) is 6.94. The van der Waals surface area contributed by atoms with Crippen LogP contribution in [0.5, 0.6) is 0 Å². The van der Waals surface area contributed by atoms with Crippen LogP contribution >= 0.6 is 49.7 Å². The zero-order valence-corrected chi connectivity index (χ0v) is 10.1. The van der Waals surface area contributed by atoms with E-state index in [1.165, 1.54) is 0 Å². The summed E-state index contributed by atoms with van der Waals surface area (Å²) < 4.78 is 5.82. The van der Waals surface area contributed by atoms with Crippen LogP contribution in [0.4, 0.5) is 0 Å². The summed E-state index contributed by atoms with van der Waals surface area (Å²) in [7, 11) is 0. The molecule has 0 aliphatic heterocycles. The molecule has 0 spiro atoms. The van der Waals surface area contributed by atoms with Crippen molar-refractivity contribution in [1.29, 1.82) is 0 Å². The van der Waals surface area contributed by atoms with E-state index in [1.807, 2.05) is 11.8 Å². The Balaban J connectivity index is 3.59. The van der Waals surface area contributed by atoms with Gasteiger partial charge < -0.3 is 9.64 Å². The number of ether oxygens (including phenoxy) is 1. The molecule has 70 valence electrons. The molecular weight excluding hydrogens is 230 g/mol. The summed E-state index contributed by atoms with van der Waals surface area (Å²) >= 11 is 17.4. The van der Waals surface area contributed by atoms with Crippen molar-refractivity contribution < 1.29 is 4.74 Å². The molecular formula is C6H11NOS4. The van der Waals surface area contributed by atoms with Crippen molar-refractivity contribution in [2.75, 3.05) is 19.7 Å². The summed E-state index contributed by atoms with van der Waals surface area (Å²) in [5, 5.41) is 0. The molecule has 0 heterocycles. The number of rotatable bonds is 4. The fraction of sp³-hybridized carbons (Fsp3) is 0.667. The fourth-order valence-electron chi connectivity index (χ4n) is 0.632. The van der Waals surface area contributed by atoms with E-state index in [-0.39, 0.29) is 4.38 Å². The van der Waals surface area contributed by atoms with Gasteiger partial charge in [-0.25, -0.2) is 0 Å². The van der Waals surface area contributed by atoms with Crippen LogP contribution < -0.4 is 0 Å². The van der Waals surface area contributed by atoms with Gasteiger partial charge in [0.05, 0.1) is 6.54 Å². The SMILES string of the molecule is CCN(CCOC(=S)S)C(=S)S. The molecule has 0 bridgehead atoms. The van der Waals surface area contributed by atoms with E-state index < -0.39 is 0 Å². The van der Waals surface area contributed by atoms with E-state index in [9.17, 15) is 0 Å². The Morgan fingerprint density at radius 3 is 2.33 bits per heavy atom. The highest BCUT2D eigenvalue weighted by Crippen LogP contribution is 1.96. The minimum Gasteiger partial charge on any atom is -0.477 e. The average molecular weight is 241 g/mol. The minimum absolute atomic E-state index is 0.260. The van der Waals surface area contributed by atoms with Crippen LogP contribution in [0.2, 0.25) is 0 Å². The first-order valence-electron chi connectivity index (χ1n) is 3.41. The van der Waals surface area contributed by atoms with Gasteiger partial charge >= 0.3 is 0 Å². The van der Waals surface area contributed by atoms with Crippen molar-refractivity contribution in [2.45, 2.75) is 6.92 Å². The summed E-state index contributed by atoms with van der Waals surface area (Å²) in [6.45, 7) is 4.02. The standard InChI is InChI=1S/C6H11NOS4/c1-2-7(5(9)10)3-4-8-6(11)12/h2-4H2,1H3,(H,9,10)(H,11,12). The summed E-state index contributed by atoms with van der Waals surface area (Å²) in [5.41, 5.74) is 0. The van der Waals surface area contributed by atoms with Gasteiger partial charge in [-0.2, -0.15) is 0 Å². The number of thiol groups is 2. The maximum absolute atomic E-state index is 4.98. The van der Waals surface area contributed by atoms with E-state index in [0.29, 0.717) is 17.5 Å². The Morgan fingerprint density at radius 1 is 1.42 bits per heavy atom. The second-order valence-electron chi connectivity index (χ2n) is 1.98. The molecule has 0 atom stereocenters. The molecule has 0 fully saturated rings. The largest absolute Gasteiger partial charge is 0.477 e. The molecule has 0 saturated carbocycles. The lowest BCUT2D eigenvalue weighted by Crippen LogP contribution is -2.29. The molecule has 0 saturated heterocycles. The fourth-order valence-corrected chi connectivity index (χ4v) is 1.27. The highest BCUT2D eigenvalue weighted by molar-refractivity contribution is 8.11. The number of nitrogens with zero attached hydrogens (tertiary/aromatic N) is 1. The molecule has 6 heteroatoms.